The third-order valence-corrected chi connectivity index (χ3v) is 6.99. The lowest BCUT2D eigenvalue weighted by Gasteiger charge is -2.13. The molecule has 1 atom stereocenters. The summed E-state index contributed by atoms with van der Waals surface area (Å²) >= 11 is 7.84. The minimum atomic E-state index is -0.339. The first kappa shape index (κ1) is 22.4. The van der Waals surface area contributed by atoms with Gasteiger partial charge in [-0.15, -0.1) is 0 Å². The molecule has 0 bridgehead atoms. The van der Waals surface area contributed by atoms with Gasteiger partial charge in [0.2, 0.25) is 0 Å². The summed E-state index contributed by atoms with van der Waals surface area (Å²) in [5.74, 6) is -0.224. The van der Waals surface area contributed by atoms with E-state index in [4.69, 9.17) is 16.3 Å². The molecule has 0 amide bonds. The maximum absolute atomic E-state index is 12.5. The minimum absolute atomic E-state index is 0.224. The molecule has 4 aromatic rings. The maximum Gasteiger partial charge on any atom is 0.319 e. The summed E-state index contributed by atoms with van der Waals surface area (Å²) in [6.45, 7) is 6.13. The summed E-state index contributed by atoms with van der Waals surface area (Å²) in [6.07, 6.45) is 4.25. The van der Waals surface area contributed by atoms with Gasteiger partial charge in [0.05, 0.1) is 12.0 Å². The lowest BCUT2D eigenvalue weighted by atomic mass is 10.1. The molecule has 0 fully saturated rings. The number of aromatic nitrogens is 3. The maximum atomic E-state index is 12.5. The van der Waals surface area contributed by atoms with Crippen molar-refractivity contribution in [2.24, 2.45) is 0 Å². The molecule has 0 aliphatic rings. The van der Waals surface area contributed by atoms with Crippen molar-refractivity contribution in [1.29, 1.82) is 0 Å². The predicted octanol–water partition coefficient (Wildman–Crippen LogP) is 6.48. The number of benzene rings is 2. The molecule has 0 aliphatic carbocycles. The van der Waals surface area contributed by atoms with Gasteiger partial charge >= 0.3 is 5.97 Å². The number of aryl methyl sites for hydroxylation is 1. The van der Waals surface area contributed by atoms with Gasteiger partial charge in [0, 0.05) is 22.5 Å². The predicted molar refractivity (Wildman–Crippen MR) is 131 cm³/mol. The van der Waals surface area contributed by atoms with Crippen LogP contribution in [0.4, 0.5) is 0 Å². The van der Waals surface area contributed by atoms with E-state index in [-0.39, 0.29) is 11.2 Å². The average Bonchev–Trinajstić information content (AvgIpc) is 3.20. The normalized spacial score (nSPS) is 12.1. The number of hydrogen-bond acceptors (Lipinski definition) is 5. The van der Waals surface area contributed by atoms with Gasteiger partial charge in [-0.05, 0) is 43.5 Å². The van der Waals surface area contributed by atoms with E-state index in [9.17, 15) is 4.79 Å². The van der Waals surface area contributed by atoms with E-state index in [2.05, 4.69) is 28.3 Å². The highest BCUT2D eigenvalue weighted by atomic mass is 35.5. The van der Waals surface area contributed by atoms with E-state index in [1.807, 2.05) is 61.7 Å². The first-order chi connectivity index (χ1) is 15.5. The molecule has 0 N–H and O–H groups in total. The molecule has 164 valence electrons. The number of thioether (sulfide) groups is 1. The van der Waals surface area contributed by atoms with Gasteiger partial charge in [-0.3, -0.25) is 4.79 Å². The van der Waals surface area contributed by atoms with Crippen LogP contribution in [0.3, 0.4) is 0 Å². The van der Waals surface area contributed by atoms with E-state index in [0.29, 0.717) is 18.1 Å². The summed E-state index contributed by atoms with van der Waals surface area (Å²) in [5.41, 5.74) is 4.75. The molecule has 0 spiro atoms. The average molecular weight is 466 g/mol. The zero-order chi connectivity index (χ0) is 22.7. The van der Waals surface area contributed by atoms with Crippen LogP contribution in [0.25, 0.3) is 27.8 Å². The standard InChI is InChI=1S/C25H24ClN3O2S/c1-4-21(25(30)31-5-2)32-24-22-19(17-9-7-6-8-10-17)14-29(23(22)27-15-28-24)18-12-11-16(3)20(26)13-18/h6-15,21H,4-5H2,1-3H3/t21-/m0/s1. The van der Waals surface area contributed by atoms with Crippen molar-refractivity contribution in [3.63, 3.8) is 0 Å². The molecule has 5 nitrogen and oxygen atoms in total. The molecule has 0 saturated heterocycles. The van der Waals surface area contributed by atoms with Crippen molar-refractivity contribution in [1.82, 2.24) is 14.5 Å². The van der Waals surface area contributed by atoms with Crippen molar-refractivity contribution in [2.75, 3.05) is 6.61 Å². The van der Waals surface area contributed by atoms with Crippen molar-refractivity contribution >= 4 is 40.4 Å². The molecule has 0 unspecified atom stereocenters. The fraction of sp³-hybridized carbons (Fsp3) is 0.240. The second kappa shape index (κ2) is 9.76. The van der Waals surface area contributed by atoms with Crippen molar-refractivity contribution < 1.29 is 9.53 Å². The highest BCUT2D eigenvalue weighted by Gasteiger charge is 2.24. The molecule has 0 saturated carbocycles. The number of carbonyl (C=O) groups excluding carboxylic acids is 1. The van der Waals surface area contributed by atoms with Crippen molar-refractivity contribution in [3.05, 3.63) is 71.6 Å². The minimum Gasteiger partial charge on any atom is -0.465 e. The fourth-order valence-electron chi connectivity index (χ4n) is 3.56. The van der Waals surface area contributed by atoms with E-state index in [0.717, 1.165) is 38.4 Å². The van der Waals surface area contributed by atoms with Gasteiger partial charge < -0.3 is 9.30 Å². The number of carbonyl (C=O) groups is 1. The number of halogens is 1. The third-order valence-electron chi connectivity index (χ3n) is 5.24. The Morgan fingerprint density at radius 3 is 2.62 bits per heavy atom. The summed E-state index contributed by atoms with van der Waals surface area (Å²) in [7, 11) is 0. The molecule has 2 aromatic heterocycles. The molecule has 2 heterocycles. The van der Waals surface area contributed by atoms with Gasteiger partial charge in [-0.2, -0.15) is 0 Å². The second-order valence-corrected chi connectivity index (χ2v) is 8.96. The Hall–Kier alpha value is -2.83. The van der Waals surface area contributed by atoms with Crippen LogP contribution >= 0.6 is 23.4 Å². The van der Waals surface area contributed by atoms with Crippen LogP contribution in [0.5, 0.6) is 0 Å². The molecule has 0 aliphatic heterocycles. The third kappa shape index (κ3) is 4.38. The first-order valence-corrected chi connectivity index (χ1v) is 11.8. The lowest BCUT2D eigenvalue weighted by molar-refractivity contribution is -0.142. The van der Waals surface area contributed by atoms with Crippen LogP contribution in [0.2, 0.25) is 5.02 Å². The first-order valence-electron chi connectivity index (χ1n) is 10.5. The molecule has 2 aromatic carbocycles. The summed E-state index contributed by atoms with van der Waals surface area (Å²) in [4.78, 5) is 21.6. The summed E-state index contributed by atoms with van der Waals surface area (Å²) < 4.78 is 7.30. The van der Waals surface area contributed by atoms with Gasteiger partial charge in [-0.1, -0.05) is 66.7 Å². The van der Waals surface area contributed by atoms with Crippen LogP contribution in [-0.2, 0) is 9.53 Å². The van der Waals surface area contributed by atoms with Crippen LogP contribution < -0.4 is 0 Å². The molecular weight excluding hydrogens is 442 g/mol. The van der Waals surface area contributed by atoms with Crippen molar-refractivity contribution in [3.8, 4) is 16.8 Å². The van der Waals surface area contributed by atoms with Gasteiger partial charge in [0.1, 0.15) is 22.3 Å². The zero-order valence-electron chi connectivity index (χ0n) is 18.2. The van der Waals surface area contributed by atoms with E-state index in [1.54, 1.807) is 6.33 Å². The molecule has 7 heteroatoms. The number of nitrogens with zero attached hydrogens (tertiary/aromatic N) is 3. The Morgan fingerprint density at radius 1 is 1.16 bits per heavy atom. The summed E-state index contributed by atoms with van der Waals surface area (Å²) in [5, 5.41) is 2.02. The second-order valence-electron chi connectivity index (χ2n) is 7.36. The number of esters is 1. The van der Waals surface area contributed by atoms with Crippen LogP contribution in [0, 0.1) is 6.92 Å². The Kier molecular flexibility index (Phi) is 6.82. The number of rotatable bonds is 7. The zero-order valence-corrected chi connectivity index (χ0v) is 19.8. The molecule has 0 radical (unpaired) electrons. The summed E-state index contributed by atoms with van der Waals surface area (Å²) in [6, 6.07) is 16.1. The molecule has 32 heavy (non-hydrogen) atoms. The van der Waals surface area contributed by atoms with Gasteiger partial charge in [0.15, 0.2) is 0 Å². The van der Waals surface area contributed by atoms with E-state index >= 15 is 0 Å². The van der Waals surface area contributed by atoms with Gasteiger partial charge in [-0.25, -0.2) is 9.97 Å². The molecule has 4 rings (SSSR count). The van der Waals surface area contributed by atoms with E-state index in [1.165, 1.54) is 11.8 Å². The lowest BCUT2D eigenvalue weighted by Crippen LogP contribution is -2.19. The van der Waals surface area contributed by atoms with Crippen molar-refractivity contribution in [2.45, 2.75) is 37.5 Å². The largest absolute Gasteiger partial charge is 0.465 e. The SMILES string of the molecule is CCOC(=O)[C@H](CC)Sc1ncnc2c1c(-c1ccccc1)cn2-c1ccc(C)c(Cl)c1. The Morgan fingerprint density at radius 2 is 1.94 bits per heavy atom. The monoisotopic (exact) mass is 465 g/mol. The number of fused-ring (bicyclic) bond motifs is 1. The smallest absolute Gasteiger partial charge is 0.319 e. The van der Waals surface area contributed by atoms with Crippen LogP contribution in [0.15, 0.2) is 66.1 Å². The van der Waals surface area contributed by atoms with Crippen LogP contribution in [-0.4, -0.2) is 32.4 Å². The Balaban J connectivity index is 1.92. The highest BCUT2D eigenvalue weighted by molar-refractivity contribution is 8.00. The van der Waals surface area contributed by atoms with Gasteiger partial charge in [0.25, 0.3) is 0 Å². The number of hydrogen-bond donors (Lipinski definition) is 0. The Bertz CT molecular complexity index is 1260. The van der Waals surface area contributed by atoms with Crippen LogP contribution in [0.1, 0.15) is 25.8 Å². The topological polar surface area (TPSA) is 57.0 Å². The fourth-order valence-corrected chi connectivity index (χ4v) is 4.76. The Labute approximate surface area is 196 Å². The number of ether oxygens (including phenoxy) is 1. The van der Waals surface area contributed by atoms with E-state index < -0.39 is 0 Å². The quantitative estimate of drug-likeness (QED) is 0.177. The highest BCUT2D eigenvalue weighted by Crippen LogP contribution is 2.39. The molecular formula is C25H24ClN3O2S.